The van der Waals surface area contributed by atoms with E-state index in [1.807, 2.05) is 30.5 Å². The number of carbonyl (C=O) groups excluding carboxylic acids is 1. The molecular weight excluding hydrogens is 362 g/mol. The summed E-state index contributed by atoms with van der Waals surface area (Å²) in [6, 6.07) is 7.75. The van der Waals surface area contributed by atoms with Gasteiger partial charge >= 0.3 is 0 Å². The molecule has 140 valence electrons. The van der Waals surface area contributed by atoms with E-state index in [2.05, 4.69) is 14.7 Å². The first-order valence-corrected chi connectivity index (χ1v) is 9.75. The van der Waals surface area contributed by atoms with Gasteiger partial charge in [0.25, 0.3) is 0 Å². The molecule has 2 aromatic heterocycles. The number of hydrogen-bond donors (Lipinski definition) is 1. The van der Waals surface area contributed by atoms with Crippen molar-refractivity contribution in [3.8, 4) is 22.6 Å². The third-order valence-corrected chi connectivity index (χ3v) is 5.79. The smallest absolute Gasteiger partial charge is 0.228 e. The number of hydrogen-bond acceptors (Lipinski definition) is 6. The monoisotopic (exact) mass is 383 g/mol. The van der Waals surface area contributed by atoms with Gasteiger partial charge in [-0.15, -0.1) is 0 Å². The van der Waals surface area contributed by atoms with Gasteiger partial charge in [0, 0.05) is 17.7 Å². The van der Waals surface area contributed by atoms with Crippen molar-refractivity contribution >= 4 is 33.5 Å². The first kappa shape index (κ1) is 17.7. The van der Waals surface area contributed by atoms with Crippen LogP contribution in [0.15, 0.2) is 30.5 Å². The summed E-state index contributed by atoms with van der Waals surface area (Å²) in [5, 5.41) is 3.86. The van der Waals surface area contributed by atoms with E-state index in [1.165, 1.54) is 11.5 Å². The van der Waals surface area contributed by atoms with E-state index >= 15 is 0 Å². The van der Waals surface area contributed by atoms with E-state index < -0.39 is 0 Å². The fourth-order valence-electron chi connectivity index (χ4n) is 3.50. The summed E-state index contributed by atoms with van der Waals surface area (Å²) in [6.45, 7) is 0. The van der Waals surface area contributed by atoms with Gasteiger partial charge in [0.05, 0.1) is 19.6 Å². The molecule has 1 aliphatic carbocycles. The number of pyridine rings is 1. The zero-order valence-electron chi connectivity index (χ0n) is 15.3. The highest BCUT2D eigenvalue weighted by atomic mass is 32.1. The molecule has 2 heterocycles. The van der Waals surface area contributed by atoms with Crippen molar-refractivity contribution in [2.24, 2.45) is 5.92 Å². The van der Waals surface area contributed by atoms with Crippen molar-refractivity contribution in [2.75, 3.05) is 19.5 Å². The van der Waals surface area contributed by atoms with Crippen LogP contribution < -0.4 is 14.8 Å². The van der Waals surface area contributed by atoms with E-state index in [0.717, 1.165) is 47.0 Å². The van der Waals surface area contributed by atoms with Crippen LogP contribution in [0.25, 0.3) is 21.3 Å². The number of aromatic nitrogens is 2. The van der Waals surface area contributed by atoms with E-state index in [0.29, 0.717) is 17.3 Å². The van der Waals surface area contributed by atoms with Crippen LogP contribution in [0.3, 0.4) is 0 Å². The Bertz CT molecular complexity index is 980. The number of nitrogens with one attached hydrogen (secondary N) is 1. The predicted molar refractivity (Wildman–Crippen MR) is 107 cm³/mol. The average molecular weight is 383 g/mol. The van der Waals surface area contributed by atoms with E-state index in [9.17, 15) is 4.79 Å². The molecule has 1 N–H and O–H groups in total. The number of anilines is 1. The Morgan fingerprint density at radius 3 is 2.63 bits per heavy atom. The van der Waals surface area contributed by atoms with Crippen molar-refractivity contribution in [1.82, 2.24) is 9.36 Å². The molecule has 3 aromatic rings. The Labute approximate surface area is 161 Å². The summed E-state index contributed by atoms with van der Waals surface area (Å²) in [5.74, 6) is 2.10. The maximum Gasteiger partial charge on any atom is 0.228 e. The van der Waals surface area contributed by atoms with Crippen LogP contribution in [0.4, 0.5) is 5.82 Å². The quantitative estimate of drug-likeness (QED) is 0.702. The van der Waals surface area contributed by atoms with Crippen molar-refractivity contribution < 1.29 is 14.3 Å². The molecule has 7 heteroatoms. The molecule has 0 atom stereocenters. The number of rotatable bonds is 5. The molecule has 0 unspecified atom stereocenters. The van der Waals surface area contributed by atoms with Crippen LogP contribution >= 0.6 is 11.5 Å². The van der Waals surface area contributed by atoms with Crippen LogP contribution in [0.2, 0.25) is 0 Å². The molecule has 1 fully saturated rings. The number of carbonyl (C=O) groups is 1. The second-order valence-corrected chi connectivity index (χ2v) is 7.40. The van der Waals surface area contributed by atoms with Crippen LogP contribution in [-0.4, -0.2) is 29.5 Å². The summed E-state index contributed by atoms with van der Waals surface area (Å²) in [7, 11) is 3.23. The molecule has 0 bridgehead atoms. The Balaban J connectivity index is 1.66. The molecule has 1 aliphatic rings. The second kappa shape index (κ2) is 7.52. The molecule has 1 aromatic carbocycles. The Morgan fingerprint density at radius 1 is 1.11 bits per heavy atom. The average Bonchev–Trinajstić information content (AvgIpc) is 3.37. The van der Waals surface area contributed by atoms with Crippen molar-refractivity contribution in [3.63, 3.8) is 0 Å². The first-order chi connectivity index (χ1) is 13.2. The SMILES string of the molecule is COc1ccc(-c2cnc3snc(NC(=O)C4CCCC4)c3c2)cc1OC. The second-order valence-electron chi connectivity index (χ2n) is 6.65. The summed E-state index contributed by atoms with van der Waals surface area (Å²) >= 11 is 1.30. The number of amides is 1. The van der Waals surface area contributed by atoms with Gasteiger partial charge in [-0.2, -0.15) is 4.37 Å². The number of ether oxygens (including phenoxy) is 2. The lowest BCUT2D eigenvalue weighted by atomic mass is 10.1. The first-order valence-electron chi connectivity index (χ1n) is 8.98. The Morgan fingerprint density at radius 2 is 1.89 bits per heavy atom. The predicted octanol–water partition coefficient (Wildman–Crippen LogP) is 4.50. The molecule has 0 radical (unpaired) electrons. The lowest BCUT2D eigenvalue weighted by Crippen LogP contribution is -2.20. The summed E-state index contributed by atoms with van der Waals surface area (Å²) in [6.07, 6.45) is 5.98. The van der Waals surface area contributed by atoms with Gasteiger partial charge in [0.1, 0.15) is 4.83 Å². The fourth-order valence-corrected chi connectivity index (χ4v) is 4.18. The molecule has 27 heavy (non-hydrogen) atoms. The number of fused-ring (bicyclic) bond motifs is 1. The maximum atomic E-state index is 12.5. The van der Waals surface area contributed by atoms with Gasteiger partial charge in [-0.25, -0.2) is 4.98 Å². The molecule has 1 amide bonds. The van der Waals surface area contributed by atoms with Crippen molar-refractivity contribution in [2.45, 2.75) is 25.7 Å². The Hall–Kier alpha value is -2.67. The molecule has 6 nitrogen and oxygen atoms in total. The third kappa shape index (κ3) is 3.47. The lowest BCUT2D eigenvalue weighted by Gasteiger charge is -2.10. The molecular formula is C20H21N3O3S. The summed E-state index contributed by atoms with van der Waals surface area (Å²) in [5.41, 5.74) is 1.89. The number of benzene rings is 1. The molecule has 0 saturated heterocycles. The number of methoxy groups -OCH3 is 2. The van der Waals surface area contributed by atoms with E-state index in [1.54, 1.807) is 14.2 Å². The minimum atomic E-state index is 0.0659. The van der Waals surface area contributed by atoms with Gasteiger partial charge in [-0.1, -0.05) is 18.9 Å². The minimum absolute atomic E-state index is 0.0659. The largest absolute Gasteiger partial charge is 0.493 e. The van der Waals surface area contributed by atoms with Crippen molar-refractivity contribution in [3.05, 3.63) is 30.5 Å². The molecule has 4 rings (SSSR count). The van der Waals surface area contributed by atoms with E-state index in [-0.39, 0.29) is 11.8 Å². The zero-order valence-corrected chi connectivity index (χ0v) is 16.1. The summed E-state index contributed by atoms with van der Waals surface area (Å²) < 4.78 is 15.1. The highest BCUT2D eigenvalue weighted by molar-refractivity contribution is 7.13. The normalized spacial score (nSPS) is 14.4. The number of nitrogens with zero attached hydrogens (tertiary/aromatic N) is 2. The van der Waals surface area contributed by atoms with Gasteiger partial charge in [-0.05, 0) is 48.1 Å². The van der Waals surface area contributed by atoms with E-state index in [4.69, 9.17) is 9.47 Å². The topological polar surface area (TPSA) is 73.3 Å². The third-order valence-electron chi connectivity index (χ3n) is 5.01. The van der Waals surface area contributed by atoms with Crippen molar-refractivity contribution in [1.29, 1.82) is 0 Å². The highest BCUT2D eigenvalue weighted by Gasteiger charge is 2.24. The molecule has 1 saturated carbocycles. The Kier molecular flexibility index (Phi) is 4.94. The fraction of sp³-hybridized carbons (Fsp3) is 0.350. The van der Waals surface area contributed by atoms with Gasteiger partial charge in [0.2, 0.25) is 5.91 Å². The van der Waals surface area contributed by atoms with Gasteiger partial charge in [-0.3, -0.25) is 4.79 Å². The lowest BCUT2D eigenvalue weighted by molar-refractivity contribution is -0.119. The summed E-state index contributed by atoms with van der Waals surface area (Å²) in [4.78, 5) is 17.8. The molecule has 0 spiro atoms. The molecule has 0 aliphatic heterocycles. The van der Waals surface area contributed by atoms with Crippen LogP contribution in [0.1, 0.15) is 25.7 Å². The van der Waals surface area contributed by atoms with Crippen LogP contribution in [0.5, 0.6) is 11.5 Å². The van der Waals surface area contributed by atoms with Crippen LogP contribution in [-0.2, 0) is 4.79 Å². The maximum absolute atomic E-state index is 12.5. The van der Waals surface area contributed by atoms with Gasteiger partial charge in [0.15, 0.2) is 17.3 Å². The highest BCUT2D eigenvalue weighted by Crippen LogP contribution is 2.35. The van der Waals surface area contributed by atoms with Crippen LogP contribution in [0, 0.1) is 5.92 Å². The zero-order chi connectivity index (χ0) is 18.8. The minimum Gasteiger partial charge on any atom is -0.493 e. The van der Waals surface area contributed by atoms with Gasteiger partial charge < -0.3 is 14.8 Å². The standard InChI is InChI=1S/C20H21N3O3S/c1-25-16-8-7-13(10-17(16)26-2)14-9-15-18(23-27-20(15)21-11-14)22-19(24)12-5-3-4-6-12/h7-12H,3-6H2,1-2H3,(H,22,23,24).